The molecule has 0 radical (unpaired) electrons. The molecule has 126 valence electrons. The fraction of sp³-hybridized carbons (Fsp3) is 0.312. The molecule has 0 bridgehead atoms. The summed E-state index contributed by atoms with van der Waals surface area (Å²) < 4.78 is 18.1. The van der Waals surface area contributed by atoms with Crippen molar-refractivity contribution in [2.75, 3.05) is 31.5 Å². The quantitative estimate of drug-likeness (QED) is 0.913. The first kappa shape index (κ1) is 16.0. The van der Waals surface area contributed by atoms with Crippen LogP contribution in [0.5, 0.6) is 0 Å². The van der Waals surface area contributed by atoms with Crippen LogP contribution in [0.2, 0.25) is 0 Å². The smallest absolute Gasteiger partial charge is 0.323 e. The van der Waals surface area contributed by atoms with Gasteiger partial charge in [0.2, 0.25) is 0 Å². The third kappa shape index (κ3) is 3.53. The monoisotopic (exact) mass is 332 g/mol. The molecule has 2 heterocycles. The topological polar surface area (TPSA) is 78.7 Å². The first-order chi connectivity index (χ1) is 11.5. The summed E-state index contributed by atoms with van der Waals surface area (Å²) in [6, 6.07) is 6.94. The van der Waals surface area contributed by atoms with Gasteiger partial charge in [-0.05, 0) is 25.1 Å². The molecule has 3 amide bonds. The molecular weight excluding hydrogens is 315 g/mol. The van der Waals surface area contributed by atoms with Crippen molar-refractivity contribution in [1.82, 2.24) is 15.0 Å². The molecule has 1 aliphatic heterocycles. The summed E-state index contributed by atoms with van der Waals surface area (Å²) >= 11 is 0. The van der Waals surface area contributed by atoms with Gasteiger partial charge in [0.15, 0.2) is 5.82 Å². The van der Waals surface area contributed by atoms with Gasteiger partial charge in [0.1, 0.15) is 11.6 Å². The van der Waals surface area contributed by atoms with Crippen molar-refractivity contribution >= 4 is 17.8 Å². The summed E-state index contributed by atoms with van der Waals surface area (Å²) in [7, 11) is 0. The molecule has 0 aliphatic carbocycles. The average Bonchev–Trinajstić information content (AvgIpc) is 2.99. The number of amides is 3. The molecule has 0 spiro atoms. The van der Waals surface area contributed by atoms with Crippen LogP contribution >= 0.6 is 0 Å². The molecule has 0 unspecified atom stereocenters. The van der Waals surface area contributed by atoms with Gasteiger partial charge in [-0.3, -0.25) is 10.1 Å². The largest absolute Gasteiger partial charge is 0.360 e. The molecule has 24 heavy (non-hydrogen) atoms. The lowest BCUT2D eigenvalue weighted by Gasteiger charge is -2.34. The van der Waals surface area contributed by atoms with E-state index in [9.17, 15) is 14.0 Å². The summed E-state index contributed by atoms with van der Waals surface area (Å²) in [5.41, 5.74) is 0.311. The molecule has 1 saturated heterocycles. The third-order valence-corrected chi connectivity index (χ3v) is 3.79. The SMILES string of the molecule is Cc1cc(NC(=O)N2CCN(C(=O)c3cccc(F)c3)CC2)no1. The number of rotatable bonds is 2. The van der Waals surface area contributed by atoms with Gasteiger partial charge < -0.3 is 14.3 Å². The van der Waals surface area contributed by atoms with Gasteiger partial charge in [-0.25, -0.2) is 9.18 Å². The number of piperazine rings is 1. The number of halogens is 1. The van der Waals surface area contributed by atoms with E-state index in [4.69, 9.17) is 4.52 Å². The van der Waals surface area contributed by atoms with E-state index in [1.54, 1.807) is 28.9 Å². The number of aryl methyl sites for hydroxylation is 1. The van der Waals surface area contributed by atoms with Gasteiger partial charge in [0, 0.05) is 37.8 Å². The lowest BCUT2D eigenvalue weighted by Crippen LogP contribution is -2.51. The number of benzene rings is 1. The molecule has 1 fully saturated rings. The van der Waals surface area contributed by atoms with Gasteiger partial charge >= 0.3 is 6.03 Å². The highest BCUT2D eigenvalue weighted by Crippen LogP contribution is 2.12. The molecule has 2 aromatic rings. The van der Waals surface area contributed by atoms with Crippen molar-refractivity contribution in [3.63, 3.8) is 0 Å². The van der Waals surface area contributed by atoms with E-state index in [1.165, 1.54) is 18.2 Å². The highest BCUT2D eigenvalue weighted by molar-refractivity contribution is 5.94. The number of hydrogen-bond acceptors (Lipinski definition) is 4. The summed E-state index contributed by atoms with van der Waals surface area (Å²) in [5.74, 6) is 0.287. The molecule has 7 nitrogen and oxygen atoms in total. The minimum Gasteiger partial charge on any atom is -0.360 e. The van der Waals surface area contributed by atoms with Gasteiger partial charge in [-0.15, -0.1) is 0 Å². The summed E-state index contributed by atoms with van der Waals surface area (Å²) in [6.45, 7) is 3.30. The number of nitrogens with one attached hydrogen (secondary N) is 1. The highest BCUT2D eigenvalue weighted by Gasteiger charge is 2.25. The third-order valence-electron chi connectivity index (χ3n) is 3.79. The normalized spacial score (nSPS) is 14.6. The van der Waals surface area contributed by atoms with Crippen LogP contribution in [0.15, 0.2) is 34.9 Å². The molecule has 1 aromatic heterocycles. The Hall–Kier alpha value is -2.90. The van der Waals surface area contributed by atoms with Crippen LogP contribution < -0.4 is 5.32 Å². The maximum atomic E-state index is 13.2. The van der Waals surface area contributed by atoms with Gasteiger partial charge in [0.05, 0.1) is 0 Å². The number of aromatic nitrogens is 1. The van der Waals surface area contributed by atoms with Crippen LogP contribution in [0.4, 0.5) is 15.0 Å². The zero-order valence-corrected chi connectivity index (χ0v) is 13.2. The van der Waals surface area contributed by atoms with E-state index in [-0.39, 0.29) is 11.9 Å². The molecule has 0 atom stereocenters. The number of hydrogen-bond donors (Lipinski definition) is 1. The van der Waals surface area contributed by atoms with Gasteiger partial charge in [-0.2, -0.15) is 0 Å². The van der Waals surface area contributed by atoms with Crippen molar-refractivity contribution in [2.45, 2.75) is 6.92 Å². The number of carbonyl (C=O) groups is 2. The standard InChI is InChI=1S/C16H17FN4O3/c1-11-9-14(19-24-11)18-16(23)21-7-5-20(6-8-21)15(22)12-3-2-4-13(17)10-12/h2-4,9-10H,5-8H2,1H3,(H,18,19,23). The molecule has 0 saturated carbocycles. The van der Waals surface area contributed by atoms with E-state index in [0.717, 1.165) is 0 Å². The van der Waals surface area contributed by atoms with Crippen molar-refractivity contribution < 1.29 is 18.5 Å². The minimum atomic E-state index is -0.443. The summed E-state index contributed by atoms with van der Waals surface area (Å²) in [5, 5.41) is 6.35. The number of nitrogens with zero attached hydrogens (tertiary/aromatic N) is 3. The first-order valence-corrected chi connectivity index (χ1v) is 7.57. The Morgan fingerprint density at radius 1 is 1.17 bits per heavy atom. The predicted octanol–water partition coefficient (Wildman–Crippen LogP) is 2.11. The van der Waals surface area contributed by atoms with Crippen LogP contribution in [0.3, 0.4) is 0 Å². The Bertz CT molecular complexity index is 753. The van der Waals surface area contributed by atoms with Crippen LogP contribution in [0.1, 0.15) is 16.1 Å². The maximum absolute atomic E-state index is 13.2. The predicted molar refractivity (Wildman–Crippen MR) is 84.1 cm³/mol. The van der Waals surface area contributed by atoms with E-state index in [1.807, 2.05) is 0 Å². The first-order valence-electron chi connectivity index (χ1n) is 7.57. The van der Waals surface area contributed by atoms with Crippen LogP contribution in [-0.4, -0.2) is 53.1 Å². The minimum absolute atomic E-state index is 0.235. The lowest BCUT2D eigenvalue weighted by molar-refractivity contribution is 0.0671. The molecule has 8 heteroatoms. The Balaban J connectivity index is 1.55. The Morgan fingerprint density at radius 2 is 1.88 bits per heavy atom. The zero-order chi connectivity index (χ0) is 17.1. The second-order valence-electron chi connectivity index (χ2n) is 5.54. The summed E-state index contributed by atoms with van der Waals surface area (Å²) in [6.07, 6.45) is 0. The Kier molecular flexibility index (Phi) is 4.45. The van der Waals surface area contributed by atoms with E-state index >= 15 is 0 Å². The maximum Gasteiger partial charge on any atom is 0.323 e. The van der Waals surface area contributed by atoms with E-state index in [2.05, 4.69) is 10.5 Å². The Labute approximate surface area is 138 Å². The van der Waals surface area contributed by atoms with Gasteiger partial charge in [0.25, 0.3) is 5.91 Å². The number of urea groups is 1. The molecular formula is C16H17FN4O3. The fourth-order valence-electron chi connectivity index (χ4n) is 2.53. The molecule has 3 rings (SSSR count). The number of carbonyl (C=O) groups excluding carboxylic acids is 2. The highest BCUT2D eigenvalue weighted by atomic mass is 19.1. The van der Waals surface area contributed by atoms with Crippen molar-refractivity contribution in [1.29, 1.82) is 0 Å². The second-order valence-corrected chi connectivity index (χ2v) is 5.54. The Morgan fingerprint density at radius 3 is 2.50 bits per heavy atom. The van der Waals surface area contributed by atoms with Gasteiger partial charge in [-0.1, -0.05) is 11.2 Å². The van der Waals surface area contributed by atoms with Crippen molar-refractivity contribution in [2.24, 2.45) is 0 Å². The van der Waals surface area contributed by atoms with E-state index in [0.29, 0.717) is 43.3 Å². The lowest BCUT2D eigenvalue weighted by atomic mass is 10.2. The van der Waals surface area contributed by atoms with Crippen LogP contribution in [-0.2, 0) is 0 Å². The number of anilines is 1. The average molecular weight is 332 g/mol. The summed E-state index contributed by atoms with van der Waals surface area (Å²) in [4.78, 5) is 27.7. The van der Waals surface area contributed by atoms with Crippen molar-refractivity contribution in [3.05, 3.63) is 47.5 Å². The van der Waals surface area contributed by atoms with Crippen molar-refractivity contribution in [3.8, 4) is 0 Å². The van der Waals surface area contributed by atoms with E-state index < -0.39 is 5.82 Å². The molecule has 1 aliphatic rings. The molecule has 1 aromatic carbocycles. The van der Waals surface area contributed by atoms with Crippen LogP contribution in [0.25, 0.3) is 0 Å². The fourth-order valence-corrected chi connectivity index (χ4v) is 2.53. The zero-order valence-electron chi connectivity index (χ0n) is 13.2. The second kappa shape index (κ2) is 6.69. The molecule has 1 N–H and O–H groups in total. The van der Waals surface area contributed by atoms with Crippen LogP contribution in [0, 0.1) is 12.7 Å².